The van der Waals surface area contributed by atoms with Gasteiger partial charge in [-0.05, 0) is 59.2 Å². The normalized spacial score (nSPS) is 11.2. The maximum absolute atomic E-state index is 2.32. The summed E-state index contributed by atoms with van der Waals surface area (Å²) in [4.78, 5) is 0. The molecule has 2 rings (SSSR count). The summed E-state index contributed by atoms with van der Waals surface area (Å²) < 4.78 is 0. The van der Waals surface area contributed by atoms with Crippen LogP contribution in [-0.2, 0) is 19.3 Å². The molecular formula is C20H28. The molecule has 0 heteroatoms. The van der Waals surface area contributed by atoms with Crippen LogP contribution in [0.1, 0.15) is 62.3 Å². The van der Waals surface area contributed by atoms with Gasteiger partial charge in [-0.2, -0.15) is 0 Å². The molecule has 0 saturated carbocycles. The minimum absolute atomic E-state index is 1.22. The van der Waals surface area contributed by atoms with Crippen molar-refractivity contribution >= 4 is 10.8 Å². The third kappa shape index (κ3) is 2.75. The third-order valence-corrected chi connectivity index (χ3v) is 4.34. The lowest BCUT2D eigenvalue weighted by atomic mass is 9.84. The molecule has 0 aliphatic rings. The van der Waals surface area contributed by atoms with Crippen molar-refractivity contribution in [3.8, 4) is 0 Å². The summed E-state index contributed by atoms with van der Waals surface area (Å²) in [5.41, 5.74) is 6.44. The van der Waals surface area contributed by atoms with Gasteiger partial charge < -0.3 is 0 Å². The van der Waals surface area contributed by atoms with Crippen molar-refractivity contribution in [3.05, 3.63) is 46.5 Å². The zero-order valence-electron chi connectivity index (χ0n) is 13.6. The lowest BCUT2D eigenvalue weighted by molar-refractivity contribution is 0.827. The average Bonchev–Trinajstić information content (AvgIpc) is 2.47. The molecule has 0 N–H and O–H groups in total. The van der Waals surface area contributed by atoms with Gasteiger partial charge in [0.05, 0.1) is 0 Å². The summed E-state index contributed by atoms with van der Waals surface area (Å²) in [7, 11) is 0. The van der Waals surface area contributed by atoms with Crippen LogP contribution in [0.2, 0.25) is 0 Å². The Balaban J connectivity index is 2.78. The molecule has 0 saturated heterocycles. The van der Waals surface area contributed by atoms with E-state index in [1.54, 1.807) is 16.7 Å². The number of aryl methyl sites for hydroxylation is 2. The monoisotopic (exact) mass is 268 g/mol. The van der Waals surface area contributed by atoms with Gasteiger partial charge in [-0.3, -0.25) is 0 Å². The van der Waals surface area contributed by atoms with Crippen molar-refractivity contribution in [2.24, 2.45) is 0 Å². The first-order valence-electron chi connectivity index (χ1n) is 8.26. The van der Waals surface area contributed by atoms with Gasteiger partial charge in [-0.1, -0.05) is 64.3 Å². The smallest absolute Gasteiger partial charge is 0.0146 e. The minimum Gasteiger partial charge on any atom is -0.0651 e. The van der Waals surface area contributed by atoms with Crippen LogP contribution >= 0.6 is 0 Å². The maximum Gasteiger partial charge on any atom is -0.0146 e. The Kier molecular flexibility index (Phi) is 5.23. The van der Waals surface area contributed by atoms with Gasteiger partial charge in [0.15, 0.2) is 0 Å². The van der Waals surface area contributed by atoms with Crippen molar-refractivity contribution < 1.29 is 0 Å². The van der Waals surface area contributed by atoms with Crippen molar-refractivity contribution in [2.75, 3.05) is 0 Å². The van der Waals surface area contributed by atoms with Crippen LogP contribution in [0.15, 0.2) is 24.3 Å². The molecular weight excluding hydrogens is 240 g/mol. The van der Waals surface area contributed by atoms with Crippen molar-refractivity contribution in [1.82, 2.24) is 0 Å². The Bertz CT molecular complexity index is 578. The maximum atomic E-state index is 2.32. The van der Waals surface area contributed by atoms with Gasteiger partial charge in [0, 0.05) is 0 Å². The molecule has 0 unspecified atom stereocenters. The van der Waals surface area contributed by atoms with Gasteiger partial charge in [0.1, 0.15) is 0 Å². The van der Waals surface area contributed by atoms with E-state index in [0.717, 1.165) is 0 Å². The molecule has 0 amide bonds. The number of fused-ring (bicyclic) bond motifs is 1. The molecule has 0 fully saturated rings. The molecule has 0 aliphatic carbocycles. The molecule has 2 aromatic rings. The fourth-order valence-electron chi connectivity index (χ4n) is 3.48. The molecule has 0 nitrogen and oxygen atoms in total. The van der Waals surface area contributed by atoms with Crippen LogP contribution in [0, 0.1) is 6.92 Å². The third-order valence-electron chi connectivity index (χ3n) is 4.34. The van der Waals surface area contributed by atoms with Gasteiger partial charge in [-0.15, -0.1) is 0 Å². The van der Waals surface area contributed by atoms with Crippen LogP contribution < -0.4 is 0 Å². The van der Waals surface area contributed by atoms with Gasteiger partial charge in [-0.25, -0.2) is 0 Å². The second-order valence-electron chi connectivity index (χ2n) is 5.86. The lowest BCUT2D eigenvalue weighted by Gasteiger charge is -2.20. The van der Waals surface area contributed by atoms with Crippen LogP contribution in [0.5, 0.6) is 0 Å². The zero-order valence-corrected chi connectivity index (χ0v) is 13.6. The quantitative estimate of drug-likeness (QED) is 0.602. The van der Waals surface area contributed by atoms with Crippen LogP contribution in [-0.4, -0.2) is 0 Å². The van der Waals surface area contributed by atoms with E-state index < -0.39 is 0 Å². The SMILES string of the molecule is CCCc1c(CCC)c(CCC)c2ccccc2c1C. The van der Waals surface area contributed by atoms with E-state index in [-0.39, 0.29) is 0 Å². The molecule has 0 atom stereocenters. The fourth-order valence-corrected chi connectivity index (χ4v) is 3.48. The predicted molar refractivity (Wildman–Crippen MR) is 90.7 cm³/mol. The highest BCUT2D eigenvalue weighted by atomic mass is 14.2. The van der Waals surface area contributed by atoms with E-state index in [1.165, 1.54) is 54.9 Å². The Morgan fingerprint density at radius 1 is 0.650 bits per heavy atom. The van der Waals surface area contributed by atoms with Gasteiger partial charge >= 0.3 is 0 Å². The highest BCUT2D eigenvalue weighted by Gasteiger charge is 2.15. The Morgan fingerprint density at radius 2 is 1.15 bits per heavy atom. The van der Waals surface area contributed by atoms with Crippen molar-refractivity contribution in [2.45, 2.75) is 66.2 Å². The van der Waals surface area contributed by atoms with E-state index in [2.05, 4.69) is 52.0 Å². The van der Waals surface area contributed by atoms with E-state index in [1.807, 2.05) is 0 Å². The van der Waals surface area contributed by atoms with E-state index in [0.29, 0.717) is 0 Å². The number of hydrogen-bond acceptors (Lipinski definition) is 0. The molecule has 0 aromatic heterocycles. The zero-order chi connectivity index (χ0) is 14.5. The molecule has 2 aromatic carbocycles. The largest absolute Gasteiger partial charge is 0.0651 e. The first-order valence-corrected chi connectivity index (χ1v) is 8.26. The van der Waals surface area contributed by atoms with E-state index in [9.17, 15) is 0 Å². The first kappa shape index (κ1) is 15.1. The second-order valence-corrected chi connectivity index (χ2v) is 5.86. The molecule has 0 heterocycles. The molecule has 0 radical (unpaired) electrons. The van der Waals surface area contributed by atoms with Crippen molar-refractivity contribution in [3.63, 3.8) is 0 Å². The summed E-state index contributed by atoms with van der Waals surface area (Å²) in [6, 6.07) is 9.00. The molecule has 20 heavy (non-hydrogen) atoms. The molecule has 108 valence electrons. The number of hydrogen-bond donors (Lipinski definition) is 0. The Labute approximate surface area is 124 Å². The van der Waals surface area contributed by atoms with E-state index >= 15 is 0 Å². The number of benzene rings is 2. The van der Waals surface area contributed by atoms with E-state index in [4.69, 9.17) is 0 Å². The van der Waals surface area contributed by atoms with Crippen molar-refractivity contribution in [1.29, 1.82) is 0 Å². The van der Waals surface area contributed by atoms with Gasteiger partial charge in [0.25, 0.3) is 0 Å². The lowest BCUT2D eigenvalue weighted by Crippen LogP contribution is -2.05. The summed E-state index contributed by atoms with van der Waals surface area (Å²) in [6.07, 6.45) is 7.38. The molecule has 0 bridgehead atoms. The van der Waals surface area contributed by atoms with Crippen LogP contribution in [0.4, 0.5) is 0 Å². The van der Waals surface area contributed by atoms with Crippen LogP contribution in [0.3, 0.4) is 0 Å². The minimum atomic E-state index is 1.22. The van der Waals surface area contributed by atoms with Crippen LogP contribution in [0.25, 0.3) is 10.8 Å². The average molecular weight is 268 g/mol. The summed E-state index contributed by atoms with van der Waals surface area (Å²) in [5, 5.41) is 2.97. The Morgan fingerprint density at radius 3 is 1.75 bits per heavy atom. The molecule has 0 aliphatic heterocycles. The second kappa shape index (κ2) is 6.92. The summed E-state index contributed by atoms with van der Waals surface area (Å²) in [5.74, 6) is 0. The van der Waals surface area contributed by atoms with Gasteiger partial charge in [0.2, 0.25) is 0 Å². The standard InChI is InChI=1S/C20H28/c1-5-10-16-15(4)17-13-8-9-14-20(17)19(12-7-3)18(16)11-6-2/h8-9,13-14H,5-7,10-12H2,1-4H3. The summed E-state index contributed by atoms with van der Waals surface area (Å²) >= 11 is 0. The Hall–Kier alpha value is -1.30. The molecule has 0 spiro atoms. The number of rotatable bonds is 6. The first-order chi connectivity index (χ1) is 9.74. The summed E-state index contributed by atoms with van der Waals surface area (Å²) in [6.45, 7) is 9.21. The fraction of sp³-hybridized carbons (Fsp3) is 0.500. The predicted octanol–water partition coefficient (Wildman–Crippen LogP) is 6.01. The highest BCUT2D eigenvalue weighted by Crippen LogP contribution is 2.33. The highest BCUT2D eigenvalue weighted by molar-refractivity contribution is 5.91. The topological polar surface area (TPSA) is 0 Å².